The summed E-state index contributed by atoms with van der Waals surface area (Å²) in [5, 5.41) is 14.6. The fourth-order valence-electron chi connectivity index (χ4n) is 3.95. The van der Waals surface area contributed by atoms with Gasteiger partial charge in [0.1, 0.15) is 4.83 Å². The van der Waals surface area contributed by atoms with Gasteiger partial charge in [-0.15, -0.1) is 21.5 Å². The molecule has 172 valence electrons. The largest absolute Gasteiger partial charge is 0.369 e. The minimum atomic E-state index is -0.176. The van der Waals surface area contributed by atoms with Gasteiger partial charge in [-0.2, -0.15) is 0 Å². The zero-order valence-electron chi connectivity index (χ0n) is 18.8. The minimum Gasteiger partial charge on any atom is -0.369 e. The van der Waals surface area contributed by atoms with Gasteiger partial charge in [-0.25, -0.2) is 9.38 Å². The van der Waals surface area contributed by atoms with Gasteiger partial charge in [0, 0.05) is 17.8 Å². The van der Waals surface area contributed by atoms with Crippen LogP contribution < -0.4 is 5.32 Å². The molecule has 0 aliphatic carbocycles. The first-order valence-electron chi connectivity index (χ1n) is 10.8. The van der Waals surface area contributed by atoms with Crippen molar-refractivity contribution in [2.45, 2.75) is 55.8 Å². The number of fused-ring (bicyclic) bond motifs is 5. The van der Waals surface area contributed by atoms with Crippen LogP contribution in [0.25, 0.3) is 15.9 Å². The Morgan fingerprint density at radius 3 is 2.85 bits per heavy atom. The molecule has 1 aliphatic heterocycles. The average Bonchev–Trinajstić information content (AvgIpc) is 3.42. The highest BCUT2D eigenvalue weighted by Gasteiger charge is 2.33. The zero-order chi connectivity index (χ0) is 23.0. The van der Waals surface area contributed by atoms with E-state index in [0.29, 0.717) is 18.3 Å². The zero-order valence-corrected chi connectivity index (χ0v) is 21.2. The van der Waals surface area contributed by atoms with Gasteiger partial charge < -0.3 is 10.1 Å². The van der Waals surface area contributed by atoms with Gasteiger partial charge >= 0.3 is 0 Å². The van der Waals surface area contributed by atoms with E-state index in [1.54, 1.807) is 23.1 Å². The topological polar surface area (TPSA) is 81.4 Å². The van der Waals surface area contributed by atoms with Gasteiger partial charge in [-0.3, -0.25) is 4.79 Å². The molecule has 3 aromatic heterocycles. The predicted octanol–water partition coefficient (Wildman–Crippen LogP) is 4.71. The second kappa shape index (κ2) is 9.25. The van der Waals surface area contributed by atoms with Crippen LogP contribution in [-0.4, -0.2) is 43.1 Å². The number of aromatic nitrogens is 4. The molecule has 4 aromatic rings. The van der Waals surface area contributed by atoms with Gasteiger partial charge in [0.2, 0.25) is 5.91 Å². The van der Waals surface area contributed by atoms with Crippen molar-refractivity contribution in [3.05, 3.63) is 46.3 Å². The minimum absolute atomic E-state index is 0.0379. The van der Waals surface area contributed by atoms with E-state index in [1.807, 2.05) is 41.0 Å². The lowest BCUT2D eigenvalue weighted by molar-refractivity contribution is -0.118. The van der Waals surface area contributed by atoms with Crippen molar-refractivity contribution in [1.82, 2.24) is 24.9 Å². The van der Waals surface area contributed by atoms with E-state index in [2.05, 4.69) is 29.4 Å². The summed E-state index contributed by atoms with van der Waals surface area (Å²) in [4.78, 5) is 19.6. The second-order valence-corrected chi connectivity index (χ2v) is 11.0. The molecule has 0 spiro atoms. The maximum atomic E-state index is 12.4. The molecule has 1 aliphatic rings. The third-order valence-corrected chi connectivity index (χ3v) is 8.68. The van der Waals surface area contributed by atoms with E-state index < -0.39 is 0 Å². The lowest BCUT2D eigenvalue weighted by atomic mass is 9.90. The SMILES string of the molecule is CC[C@@]1(C)Cc2c(sc3nc(SC)n4c(SCC(=O)NCc5ccccc5)nnc4c23)CO1. The monoisotopic (exact) mass is 499 g/mol. The Kier molecular flexibility index (Phi) is 6.34. The standard InChI is InChI=1S/C23H25N5O2S3/c1-4-23(2)10-15-16(12-30-23)33-20-18(15)19-26-27-22(28(19)21(25-20)31-3)32-13-17(29)24-11-14-8-6-5-7-9-14/h5-9H,4,10-13H2,1-3H3,(H,24,29)/t23-/m0/s1. The quantitative estimate of drug-likeness (QED) is 0.291. The van der Waals surface area contributed by atoms with Gasteiger partial charge in [-0.05, 0) is 30.7 Å². The molecule has 1 atom stereocenters. The van der Waals surface area contributed by atoms with Crippen molar-refractivity contribution in [2.24, 2.45) is 0 Å². The van der Waals surface area contributed by atoms with Crippen molar-refractivity contribution in [3.8, 4) is 0 Å². The molecule has 0 fully saturated rings. The van der Waals surface area contributed by atoms with Crippen molar-refractivity contribution in [1.29, 1.82) is 0 Å². The fourth-order valence-corrected chi connectivity index (χ4v) is 6.47. The van der Waals surface area contributed by atoms with Crippen LogP contribution in [0.1, 0.15) is 36.3 Å². The van der Waals surface area contributed by atoms with Crippen molar-refractivity contribution >= 4 is 56.6 Å². The molecular formula is C23H25N5O2S3. The molecule has 0 saturated carbocycles. The molecule has 5 rings (SSSR count). The van der Waals surface area contributed by atoms with Crippen molar-refractivity contribution in [2.75, 3.05) is 12.0 Å². The maximum absolute atomic E-state index is 12.4. The summed E-state index contributed by atoms with van der Waals surface area (Å²) in [5.74, 6) is 0.229. The molecule has 1 N–H and O–H groups in total. The van der Waals surface area contributed by atoms with Crippen LogP contribution in [0.15, 0.2) is 40.6 Å². The lowest BCUT2D eigenvalue weighted by Crippen LogP contribution is -2.33. The van der Waals surface area contributed by atoms with Crippen LogP contribution >= 0.6 is 34.9 Å². The molecule has 4 heterocycles. The first-order valence-corrected chi connectivity index (χ1v) is 13.8. The van der Waals surface area contributed by atoms with E-state index >= 15 is 0 Å². The van der Waals surface area contributed by atoms with Crippen LogP contribution in [0.2, 0.25) is 0 Å². The Balaban J connectivity index is 1.43. The highest BCUT2D eigenvalue weighted by Crippen LogP contribution is 2.42. The number of thiophene rings is 1. The molecule has 33 heavy (non-hydrogen) atoms. The summed E-state index contributed by atoms with van der Waals surface area (Å²) < 4.78 is 8.14. The molecule has 7 nitrogen and oxygen atoms in total. The Bertz CT molecular complexity index is 1320. The van der Waals surface area contributed by atoms with E-state index in [1.165, 1.54) is 22.2 Å². The number of carbonyl (C=O) groups excluding carboxylic acids is 1. The Hall–Kier alpha value is -2.14. The molecule has 10 heteroatoms. The number of carbonyl (C=O) groups is 1. The number of amides is 1. The Morgan fingerprint density at radius 2 is 2.09 bits per heavy atom. The molecular weight excluding hydrogens is 474 g/mol. The second-order valence-electron chi connectivity index (χ2n) is 8.24. The van der Waals surface area contributed by atoms with E-state index in [0.717, 1.165) is 39.4 Å². The van der Waals surface area contributed by atoms with Gasteiger partial charge in [-0.1, -0.05) is 60.8 Å². The van der Waals surface area contributed by atoms with E-state index in [-0.39, 0.29) is 17.3 Å². The highest BCUT2D eigenvalue weighted by atomic mass is 32.2. The highest BCUT2D eigenvalue weighted by molar-refractivity contribution is 8.00. The number of nitrogens with zero attached hydrogens (tertiary/aromatic N) is 4. The summed E-state index contributed by atoms with van der Waals surface area (Å²) in [6, 6.07) is 9.89. The molecule has 1 aromatic carbocycles. The molecule has 0 unspecified atom stereocenters. The van der Waals surface area contributed by atoms with Crippen LogP contribution in [0, 0.1) is 0 Å². The van der Waals surface area contributed by atoms with Crippen molar-refractivity contribution in [3.63, 3.8) is 0 Å². The number of nitrogens with one attached hydrogen (secondary N) is 1. The summed E-state index contributed by atoms with van der Waals surface area (Å²) in [6.45, 7) is 5.45. The maximum Gasteiger partial charge on any atom is 0.230 e. The van der Waals surface area contributed by atoms with Gasteiger partial charge in [0.15, 0.2) is 16.0 Å². The third-order valence-electron chi connectivity index (χ3n) is 6.02. The van der Waals surface area contributed by atoms with E-state index in [4.69, 9.17) is 9.72 Å². The van der Waals surface area contributed by atoms with Gasteiger partial charge in [0.05, 0.1) is 23.3 Å². The summed E-state index contributed by atoms with van der Waals surface area (Å²) in [6.07, 6.45) is 3.79. The number of hydrogen-bond donors (Lipinski definition) is 1. The molecule has 0 bridgehead atoms. The van der Waals surface area contributed by atoms with Crippen molar-refractivity contribution < 1.29 is 9.53 Å². The first kappa shape index (κ1) is 22.6. The number of thioether (sulfide) groups is 2. The van der Waals surface area contributed by atoms with Crippen LogP contribution in [-0.2, 0) is 29.1 Å². The normalized spacial score (nSPS) is 18.0. The van der Waals surface area contributed by atoms with Crippen LogP contribution in [0.3, 0.4) is 0 Å². The predicted molar refractivity (Wildman–Crippen MR) is 134 cm³/mol. The lowest BCUT2D eigenvalue weighted by Gasteiger charge is -2.32. The summed E-state index contributed by atoms with van der Waals surface area (Å²) in [5.41, 5.74) is 2.99. The molecule has 0 saturated heterocycles. The first-order chi connectivity index (χ1) is 16.0. The Labute approximate surface area is 204 Å². The van der Waals surface area contributed by atoms with Gasteiger partial charge in [0.25, 0.3) is 0 Å². The van der Waals surface area contributed by atoms with Crippen LogP contribution in [0.5, 0.6) is 0 Å². The van der Waals surface area contributed by atoms with Crippen LogP contribution in [0.4, 0.5) is 0 Å². The smallest absolute Gasteiger partial charge is 0.230 e. The Morgan fingerprint density at radius 1 is 1.27 bits per heavy atom. The average molecular weight is 500 g/mol. The number of rotatable bonds is 7. The third kappa shape index (κ3) is 4.37. The number of hydrogen-bond acceptors (Lipinski definition) is 8. The fraction of sp³-hybridized carbons (Fsp3) is 0.391. The number of ether oxygens (including phenoxy) is 1. The number of benzene rings is 1. The van der Waals surface area contributed by atoms with E-state index in [9.17, 15) is 4.79 Å². The summed E-state index contributed by atoms with van der Waals surface area (Å²) >= 11 is 4.63. The molecule has 0 radical (unpaired) electrons. The molecule has 1 amide bonds. The summed E-state index contributed by atoms with van der Waals surface area (Å²) in [7, 11) is 0.